The van der Waals surface area contributed by atoms with Crippen molar-refractivity contribution in [1.82, 2.24) is 10.7 Å². The van der Waals surface area contributed by atoms with Gasteiger partial charge in [0.1, 0.15) is 0 Å². The highest BCUT2D eigenvalue weighted by atomic mass is 16.3. The van der Waals surface area contributed by atoms with E-state index < -0.39 is 11.8 Å². The molecule has 0 saturated heterocycles. The van der Waals surface area contributed by atoms with Crippen LogP contribution in [0.3, 0.4) is 0 Å². The van der Waals surface area contributed by atoms with E-state index in [1.807, 2.05) is 42.5 Å². The Balaban J connectivity index is 1.51. The molecule has 0 atom stereocenters. The summed E-state index contributed by atoms with van der Waals surface area (Å²) in [6, 6.07) is 17.0. The molecule has 1 heterocycles. The molecule has 0 unspecified atom stereocenters. The van der Waals surface area contributed by atoms with Crippen LogP contribution in [0.5, 0.6) is 0 Å². The first-order valence-electron chi connectivity index (χ1n) is 7.35. The number of nitrogens with one attached hydrogen (secondary N) is 2. The van der Waals surface area contributed by atoms with Gasteiger partial charge in [0, 0.05) is 0 Å². The van der Waals surface area contributed by atoms with Crippen molar-refractivity contribution in [3.05, 3.63) is 72.2 Å². The van der Waals surface area contributed by atoms with Crippen LogP contribution in [0, 0.1) is 0 Å². The van der Waals surface area contributed by atoms with Crippen molar-refractivity contribution in [1.29, 1.82) is 0 Å². The van der Waals surface area contributed by atoms with Gasteiger partial charge in [-0.1, -0.05) is 36.4 Å². The number of rotatable bonds is 5. The number of hydrazone groups is 1. The molecule has 24 heavy (non-hydrogen) atoms. The smallest absolute Gasteiger partial charge is 0.287 e. The van der Waals surface area contributed by atoms with Crippen molar-refractivity contribution in [3.63, 3.8) is 0 Å². The van der Waals surface area contributed by atoms with Crippen LogP contribution in [0.1, 0.15) is 16.1 Å². The molecule has 0 aliphatic rings. The third-order valence-corrected chi connectivity index (χ3v) is 3.33. The molecule has 2 N–H and O–H groups in total. The molecule has 0 spiro atoms. The zero-order valence-electron chi connectivity index (χ0n) is 12.7. The molecular weight excluding hydrogens is 306 g/mol. The van der Waals surface area contributed by atoms with E-state index in [-0.39, 0.29) is 12.3 Å². The molecule has 0 radical (unpaired) electrons. The molecule has 0 saturated carbocycles. The van der Waals surface area contributed by atoms with Crippen molar-refractivity contribution >= 4 is 28.8 Å². The van der Waals surface area contributed by atoms with Gasteiger partial charge in [-0.3, -0.25) is 9.59 Å². The summed E-state index contributed by atoms with van der Waals surface area (Å²) in [7, 11) is 0. The number of fused-ring (bicyclic) bond motifs is 1. The minimum absolute atomic E-state index is 0.155. The van der Waals surface area contributed by atoms with E-state index in [1.165, 1.54) is 12.3 Å². The highest BCUT2D eigenvalue weighted by Crippen LogP contribution is 2.14. The maximum atomic E-state index is 11.6. The fraction of sp³-hybridized carbons (Fsp3) is 0.0556. The highest BCUT2D eigenvalue weighted by molar-refractivity contribution is 5.94. The minimum atomic E-state index is -0.450. The van der Waals surface area contributed by atoms with Crippen LogP contribution < -0.4 is 10.7 Å². The lowest BCUT2D eigenvalue weighted by Gasteiger charge is -2.02. The number of hydrogen-bond donors (Lipinski definition) is 2. The van der Waals surface area contributed by atoms with Gasteiger partial charge in [0.05, 0.1) is 19.0 Å². The van der Waals surface area contributed by atoms with Gasteiger partial charge in [-0.15, -0.1) is 0 Å². The molecule has 2 amide bonds. The summed E-state index contributed by atoms with van der Waals surface area (Å²) in [6.45, 7) is -0.186. The molecule has 6 nitrogen and oxygen atoms in total. The van der Waals surface area contributed by atoms with Gasteiger partial charge < -0.3 is 9.73 Å². The van der Waals surface area contributed by atoms with Crippen LogP contribution in [0.4, 0.5) is 0 Å². The predicted molar refractivity (Wildman–Crippen MR) is 90.7 cm³/mol. The van der Waals surface area contributed by atoms with Gasteiger partial charge in [0.15, 0.2) is 5.76 Å². The number of carbonyl (C=O) groups excluding carboxylic acids is 2. The van der Waals surface area contributed by atoms with E-state index in [1.54, 1.807) is 12.3 Å². The van der Waals surface area contributed by atoms with Crippen LogP contribution in [-0.2, 0) is 4.79 Å². The maximum absolute atomic E-state index is 11.6. The standard InChI is InChI=1S/C18H15N3O3/c22-17(12-19-18(23)16-6-3-9-24-16)21-20-11-13-7-8-14-4-1-2-5-15(14)10-13/h1-11H,12H2,(H,19,23)(H,21,22)/b20-11-. The zero-order chi connectivity index (χ0) is 16.8. The summed E-state index contributed by atoms with van der Waals surface area (Å²) in [6.07, 6.45) is 2.95. The number of nitrogens with zero attached hydrogens (tertiary/aromatic N) is 1. The second kappa shape index (κ2) is 7.23. The third kappa shape index (κ3) is 3.86. The van der Waals surface area contributed by atoms with Gasteiger partial charge >= 0.3 is 0 Å². The Morgan fingerprint density at radius 3 is 2.67 bits per heavy atom. The summed E-state index contributed by atoms with van der Waals surface area (Å²) in [5.74, 6) is -0.719. The first kappa shape index (κ1) is 15.5. The average Bonchev–Trinajstić information content (AvgIpc) is 3.14. The van der Waals surface area contributed by atoms with Crippen LogP contribution in [0.25, 0.3) is 10.8 Å². The first-order chi connectivity index (χ1) is 11.7. The normalized spacial score (nSPS) is 10.8. The summed E-state index contributed by atoms with van der Waals surface area (Å²) in [5, 5.41) is 8.56. The topological polar surface area (TPSA) is 83.7 Å². The van der Waals surface area contributed by atoms with E-state index in [2.05, 4.69) is 15.8 Å². The van der Waals surface area contributed by atoms with Crippen LogP contribution in [0.2, 0.25) is 0 Å². The lowest BCUT2D eigenvalue weighted by Crippen LogP contribution is -2.34. The number of hydrogen-bond acceptors (Lipinski definition) is 4. The molecule has 3 aromatic rings. The summed E-state index contributed by atoms with van der Waals surface area (Å²) < 4.78 is 4.93. The van der Waals surface area contributed by atoms with Gasteiger partial charge in [-0.05, 0) is 34.5 Å². The second-order valence-electron chi connectivity index (χ2n) is 5.06. The second-order valence-corrected chi connectivity index (χ2v) is 5.06. The van der Waals surface area contributed by atoms with Gasteiger partial charge in [-0.2, -0.15) is 5.10 Å². The number of carbonyl (C=O) groups is 2. The zero-order valence-corrected chi connectivity index (χ0v) is 12.7. The van der Waals surface area contributed by atoms with Gasteiger partial charge in [-0.25, -0.2) is 5.43 Å². The summed E-state index contributed by atoms with van der Waals surface area (Å²) in [5.41, 5.74) is 3.23. The Labute approximate surface area is 138 Å². The van der Waals surface area contributed by atoms with Gasteiger partial charge in [0.2, 0.25) is 0 Å². The third-order valence-electron chi connectivity index (χ3n) is 3.33. The molecular formula is C18H15N3O3. The number of furan rings is 1. The quantitative estimate of drug-likeness (QED) is 0.559. The highest BCUT2D eigenvalue weighted by Gasteiger charge is 2.09. The molecule has 0 aliphatic carbocycles. The molecule has 3 rings (SSSR count). The number of amides is 2. The van der Waals surface area contributed by atoms with Crippen molar-refractivity contribution in [2.24, 2.45) is 5.10 Å². The Hall–Kier alpha value is -3.41. The maximum Gasteiger partial charge on any atom is 0.287 e. The molecule has 1 aromatic heterocycles. The minimum Gasteiger partial charge on any atom is -0.459 e. The fourth-order valence-corrected chi connectivity index (χ4v) is 2.16. The SMILES string of the molecule is O=C(CNC(=O)c1ccco1)N/N=C\c1ccc2ccccc2c1. The largest absolute Gasteiger partial charge is 0.459 e. The molecule has 6 heteroatoms. The van der Waals surface area contributed by atoms with Crippen LogP contribution in [0.15, 0.2) is 70.4 Å². The summed E-state index contributed by atoms with van der Waals surface area (Å²) in [4.78, 5) is 23.3. The Morgan fingerprint density at radius 1 is 1.04 bits per heavy atom. The lowest BCUT2D eigenvalue weighted by atomic mass is 10.1. The Morgan fingerprint density at radius 2 is 1.88 bits per heavy atom. The molecule has 0 fully saturated rings. The van der Waals surface area contributed by atoms with E-state index in [0.29, 0.717) is 0 Å². The van der Waals surface area contributed by atoms with E-state index >= 15 is 0 Å². The molecule has 0 aliphatic heterocycles. The monoisotopic (exact) mass is 321 g/mol. The Bertz CT molecular complexity index is 885. The van der Waals surface area contributed by atoms with Crippen molar-refractivity contribution in [2.75, 3.05) is 6.54 Å². The van der Waals surface area contributed by atoms with Crippen molar-refractivity contribution < 1.29 is 14.0 Å². The van der Waals surface area contributed by atoms with Crippen molar-refractivity contribution in [3.8, 4) is 0 Å². The van der Waals surface area contributed by atoms with E-state index in [0.717, 1.165) is 16.3 Å². The van der Waals surface area contributed by atoms with Crippen molar-refractivity contribution in [2.45, 2.75) is 0 Å². The fourth-order valence-electron chi connectivity index (χ4n) is 2.16. The number of benzene rings is 2. The van der Waals surface area contributed by atoms with Crippen LogP contribution in [-0.4, -0.2) is 24.6 Å². The molecule has 2 aromatic carbocycles. The molecule has 0 bridgehead atoms. The average molecular weight is 321 g/mol. The van der Waals surface area contributed by atoms with Crippen LogP contribution >= 0.6 is 0 Å². The first-order valence-corrected chi connectivity index (χ1v) is 7.35. The van der Waals surface area contributed by atoms with Gasteiger partial charge in [0.25, 0.3) is 11.8 Å². The van der Waals surface area contributed by atoms with E-state index in [9.17, 15) is 9.59 Å². The lowest BCUT2D eigenvalue weighted by molar-refractivity contribution is -0.120. The predicted octanol–water partition coefficient (Wildman–Crippen LogP) is 2.31. The molecule has 120 valence electrons. The Kier molecular flexibility index (Phi) is 4.67. The van der Waals surface area contributed by atoms with E-state index in [4.69, 9.17) is 4.42 Å². The summed E-state index contributed by atoms with van der Waals surface area (Å²) >= 11 is 0.